The number of carbonyl (C=O) groups excluding carboxylic acids is 2. The van der Waals surface area contributed by atoms with Gasteiger partial charge in [0.25, 0.3) is 0 Å². The van der Waals surface area contributed by atoms with Crippen molar-refractivity contribution in [2.75, 3.05) is 14.2 Å². The molecule has 0 aromatic heterocycles. The van der Waals surface area contributed by atoms with Gasteiger partial charge in [-0.3, -0.25) is 14.4 Å². The zero-order valence-electron chi connectivity index (χ0n) is 20.8. The summed E-state index contributed by atoms with van der Waals surface area (Å²) < 4.78 is 16.6. The molecule has 0 aromatic rings. The Morgan fingerprint density at radius 1 is 0.935 bits per heavy atom. The fraction of sp³-hybridized carbons (Fsp3) is 0.875. The molecule has 2 atom stereocenters. The van der Waals surface area contributed by atoms with Gasteiger partial charge in [-0.2, -0.15) is 0 Å². The molecule has 2 rings (SSSR count). The maximum atomic E-state index is 12.6. The Balaban J connectivity index is 0.000000343. The summed E-state index contributed by atoms with van der Waals surface area (Å²) in [5, 5.41) is 9.00. The SMILES string of the molecule is CC(C)C1(C(=O)O)CCC(=O)C1.COC1(OC)CCC(C(=O)OC(C)(C)C)(C(C)C)C1. The summed E-state index contributed by atoms with van der Waals surface area (Å²) in [6.07, 6.45) is 3.18. The minimum atomic E-state index is -0.816. The molecule has 2 unspecified atom stereocenters. The molecule has 0 aromatic carbocycles. The second-order valence-electron chi connectivity index (χ2n) is 10.6. The first kappa shape index (κ1) is 27.6. The molecule has 0 saturated heterocycles. The van der Waals surface area contributed by atoms with Crippen LogP contribution in [0, 0.1) is 22.7 Å². The van der Waals surface area contributed by atoms with Gasteiger partial charge in [0.15, 0.2) is 5.79 Å². The molecule has 1 N–H and O–H groups in total. The number of carboxylic acid groups (broad SMARTS) is 1. The summed E-state index contributed by atoms with van der Waals surface area (Å²) in [4.78, 5) is 34.6. The van der Waals surface area contributed by atoms with E-state index in [9.17, 15) is 14.4 Å². The molecule has 7 heteroatoms. The molecule has 2 fully saturated rings. The number of rotatable bonds is 6. The fourth-order valence-electron chi connectivity index (χ4n) is 4.60. The Kier molecular flexibility index (Phi) is 8.88. The molecule has 2 aliphatic carbocycles. The van der Waals surface area contributed by atoms with Crippen molar-refractivity contribution in [2.45, 2.75) is 98.4 Å². The van der Waals surface area contributed by atoms with Crippen LogP contribution in [0.25, 0.3) is 0 Å². The highest BCUT2D eigenvalue weighted by Crippen LogP contribution is 2.52. The third-order valence-corrected chi connectivity index (χ3v) is 7.09. The Morgan fingerprint density at radius 2 is 1.45 bits per heavy atom. The lowest BCUT2D eigenvalue weighted by molar-refractivity contribution is -0.212. The van der Waals surface area contributed by atoms with Gasteiger partial charge in [-0.1, -0.05) is 27.7 Å². The zero-order valence-corrected chi connectivity index (χ0v) is 20.8. The molecule has 180 valence electrons. The van der Waals surface area contributed by atoms with Crippen molar-refractivity contribution in [3.05, 3.63) is 0 Å². The number of Topliss-reactive ketones (excluding diaryl/α,β-unsaturated/α-hetero) is 1. The van der Waals surface area contributed by atoms with Crippen LogP contribution in [0.2, 0.25) is 0 Å². The average molecular weight is 443 g/mol. The van der Waals surface area contributed by atoms with Crippen LogP contribution in [0.3, 0.4) is 0 Å². The smallest absolute Gasteiger partial charge is 0.313 e. The van der Waals surface area contributed by atoms with E-state index in [0.29, 0.717) is 19.3 Å². The van der Waals surface area contributed by atoms with Gasteiger partial charge < -0.3 is 19.3 Å². The summed E-state index contributed by atoms with van der Waals surface area (Å²) in [5.74, 6) is -1.28. The fourth-order valence-corrected chi connectivity index (χ4v) is 4.60. The lowest BCUT2D eigenvalue weighted by Gasteiger charge is -2.36. The van der Waals surface area contributed by atoms with Crippen LogP contribution in [0.4, 0.5) is 0 Å². The second-order valence-corrected chi connectivity index (χ2v) is 10.6. The van der Waals surface area contributed by atoms with E-state index in [0.717, 1.165) is 12.8 Å². The predicted molar refractivity (Wildman–Crippen MR) is 117 cm³/mol. The van der Waals surface area contributed by atoms with Crippen LogP contribution in [-0.2, 0) is 28.6 Å². The molecule has 0 aliphatic heterocycles. The Morgan fingerprint density at radius 3 is 1.71 bits per heavy atom. The first-order chi connectivity index (χ1) is 14.1. The van der Waals surface area contributed by atoms with Crippen molar-refractivity contribution in [3.8, 4) is 0 Å². The van der Waals surface area contributed by atoms with E-state index < -0.39 is 28.2 Å². The van der Waals surface area contributed by atoms with E-state index in [2.05, 4.69) is 13.8 Å². The van der Waals surface area contributed by atoms with Crippen LogP contribution in [-0.4, -0.2) is 48.4 Å². The first-order valence-corrected chi connectivity index (χ1v) is 11.2. The van der Waals surface area contributed by atoms with Gasteiger partial charge in [0.2, 0.25) is 0 Å². The molecule has 31 heavy (non-hydrogen) atoms. The van der Waals surface area contributed by atoms with Crippen molar-refractivity contribution in [1.82, 2.24) is 0 Å². The minimum Gasteiger partial charge on any atom is -0.481 e. The zero-order chi connectivity index (χ0) is 24.3. The van der Waals surface area contributed by atoms with Crippen LogP contribution in [0.5, 0.6) is 0 Å². The van der Waals surface area contributed by atoms with Gasteiger partial charge in [0.05, 0.1) is 10.8 Å². The summed E-state index contributed by atoms with van der Waals surface area (Å²) in [6, 6.07) is 0. The quantitative estimate of drug-likeness (QED) is 0.474. The van der Waals surface area contributed by atoms with Crippen LogP contribution >= 0.6 is 0 Å². The highest BCUT2D eigenvalue weighted by Gasteiger charge is 2.56. The van der Waals surface area contributed by atoms with Crippen LogP contribution in [0.1, 0.15) is 87.0 Å². The number of carboxylic acids is 1. The average Bonchev–Trinajstić information content (AvgIpc) is 3.24. The largest absolute Gasteiger partial charge is 0.481 e. The van der Waals surface area contributed by atoms with Crippen LogP contribution < -0.4 is 0 Å². The molecule has 7 nitrogen and oxygen atoms in total. The minimum absolute atomic E-state index is 0.0430. The number of aliphatic carboxylic acids is 1. The number of ether oxygens (including phenoxy) is 3. The first-order valence-electron chi connectivity index (χ1n) is 11.2. The Bertz CT molecular complexity index is 657. The lowest BCUT2D eigenvalue weighted by Crippen LogP contribution is -2.42. The van der Waals surface area contributed by atoms with Crippen molar-refractivity contribution in [1.29, 1.82) is 0 Å². The summed E-state index contributed by atoms with van der Waals surface area (Å²) in [6.45, 7) is 13.5. The molecule has 2 saturated carbocycles. The van der Waals surface area contributed by atoms with E-state index in [1.807, 2.05) is 34.6 Å². The van der Waals surface area contributed by atoms with E-state index in [1.54, 1.807) is 14.2 Å². The molecule has 0 amide bonds. The van der Waals surface area contributed by atoms with E-state index in [1.165, 1.54) is 0 Å². The van der Waals surface area contributed by atoms with Gasteiger partial charge in [0.1, 0.15) is 11.4 Å². The lowest BCUT2D eigenvalue weighted by atomic mass is 9.75. The summed E-state index contributed by atoms with van der Waals surface area (Å²) >= 11 is 0. The third-order valence-electron chi connectivity index (χ3n) is 7.09. The maximum absolute atomic E-state index is 12.6. The molecule has 0 heterocycles. The molecule has 0 bridgehead atoms. The number of methoxy groups -OCH3 is 2. The standard InChI is InChI=1S/C15H28O4.C9H14O3/c1-11(2)14(12(16)19-13(3,4)5)8-9-15(10-14,17-6)18-7;1-6(2)9(8(11)12)4-3-7(10)5-9/h11H,8-10H2,1-7H3;6H,3-5H2,1-2H3,(H,11,12). The van der Waals surface area contributed by atoms with Gasteiger partial charge >= 0.3 is 11.9 Å². The Labute approximate surface area is 187 Å². The predicted octanol–water partition coefficient (Wildman–Crippen LogP) is 4.61. The monoisotopic (exact) mass is 442 g/mol. The highest BCUT2D eigenvalue weighted by molar-refractivity contribution is 5.90. The van der Waals surface area contributed by atoms with Gasteiger partial charge in [-0.25, -0.2) is 0 Å². The van der Waals surface area contributed by atoms with Gasteiger partial charge in [0, 0.05) is 39.9 Å². The van der Waals surface area contributed by atoms with Crippen molar-refractivity contribution >= 4 is 17.7 Å². The van der Waals surface area contributed by atoms with Gasteiger partial charge in [-0.05, 0) is 45.4 Å². The van der Waals surface area contributed by atoms with E-state index in [-0.39, 0.29) is 30.0 Å². The molecule has 0 radical (unpaired) electrons. The van der Waals surface area contributed by atoms with Crippen LogP contribution in [0.15, 0.2) is 0 Å². The van der Waals surface area contributed by atoms with Crippen molar-refractivity contribution in [3.63, 3.8) is 0 Å². The molecule has 2 aliphatic rings. The molecule has 0 spiro atoms. The van der Waals surface area contributed by atoms with Gasteiger partial charge in [-0.15, -0.1) is 0 Å². The molecular formula is C24H42O7. The van der Waals surface area contributed by atoms with Crippen molar-refractivity contribution < 1.29 is 33.7 Å². The highest BCUT2D eigenvalue weighted by atomic mass is 16.7. The summed E-state index contributed by atoms with van der Waals surface area (Å²) in [5.41, 5.74) is -1.75. The third kappa shape index (κ3) is 6.07. The number of carbonyl (C=O) groups is 3. The van der Waals surface area contributed by atoms with E-state index >= 15 is 0 Å². The maximum Gasteiger partial charge on any atom is 0.313 e. The topological polar surface area (TPSA) is 99.1 Å². The number of hydrogen-bond donors (Lipinski definition) is 1. The summed E-state index contributed by atoms with van der Waals surface area (Å²) in [7, 11) is 3.27. The Hall–Kier alpha value is -1.47. The molecular weight excluding hydrogens is 400 g/mol. The van der Waals surface area contributed by atoms with Crippen molar-refractivity contribution in [2.24, 2.45) is 22.7 Å². The second kappa shape index (κ2) is 9.99. The number of esters is 1. The normalized spacial score (nSPS) is 27.9. The number of ketones is 1. The number of hydrogen-bond acceptors (Lipinski definition) is 6. The van der Waals surface area contributed by atoms with E-state index in [4.69, 9.17) is 19.3 Å².